The van der Waals surface area contributed by atoms with Crippen molar-refractivity contribution in [1.29, 1.82) is 0 Å². The summed E-state index contributed by atoms with van der Waals surface area (Å²) in [5, 5.41) is 0.571. The van der Waals surface area contributed by atoms with Gasteiger partial charge >= 0.3 is 0 Å². The maximum absolute atomic E-state index is 13.4. The second-order valence-corrected chi connectivity index (χ2v) is 7.44. The summed E-state index contributed by atoms with van der Waals surface area (Å²) < 4.78 is 5.37. The number of furan rings is 1. The van der Waals surface area contributed by atoms with Crippen LogP contribution >= 0.6 is 11.6 Å². The van der Waals surface area contributed by atoms with Crippen molar-refractivity contribution in [2.75, 3.05) is 6.54 Å². The number of halogens is 1. The number of likely N-dealkylation sites (N-methyl/N-ethyl adjacent to an activating group) is 1. The van der Waals surface area contributed by atoms with Crippen LogP contribution in [-0.2, 0) is 22.7 Å². The standard InChI is InChI=1S/C24H21ClN2O3/c1-2-26(15-17-7-4-3-5-8-17)22-21(18-10-12-19(25)13-11-18)23(28)27(24(22)29)16-20-9-6-14-30-20/h3-14H,2,15-16H2,1H3. The van der Waals surface area contributed by atoms with Crippen LogP contribution in [0.2, 0.25) is 5.02 Å². The largest absolute Gasteiger partial charge is 0.467 e. The van der Waals surface area contributed by atoms with E-state index in [1.165, 1.54) is 11.2 Å². The van der Waals surface area contributed by atoms with Gasteiger partial charge in [-0.25, -0.2) is 0 Å². The third-order valence-corrected chi connectivity index (χ3v) is 5.34. The van der Waals surface area contributed by atoms with E-state index >= 15 is 0 Å². The molecule has 3 aromatic rings. The number of carbonyl (C=O) groups excluding carboxylic acids is 2. The van der Waals surface area contributed by atoms with Gasteiger partial charge in [0.15, 0.2) is 0 Å². The summed E-state index contributed by atoms with van der Waals surface area (Å²) in [6.07, 6.45) is 1.53. The molecule has 0 spiro atoms. The van der Waals surface area contributed by atoms with Crippen LogP contribution in [0.1, 0.15) is 23.8 Å². The third-order valence-electron chi connectivity index (χ3n) is 5.08. The summed E-state index contributed by atoms with van der Waals surface area (Å²) in [6.45, 7) is 3.17. The number of nitrogens with zero attached hydrogens (tertiary/aromatic N) is 2. The number of benzene rings is 2. The van der Waals surface area contributed by atoms with E-state index in [0.717, 1.165) is 5.56 Å². The van der Waals surface area contributed by atoms with Crippen LogP contribution in [-0.4, -0.2) is 28.2 Å². The number of imide groups is 1. The molecule has 0 atom stereocenters. The van der Waals surface area contributed by atoms with Crippen molar-refractivity contribution in [1.82, 2.24) is 9.80 Å². The zero-order valence-electron chi connectivity index (χ0n) is 16.5. The Hall–Kier alpha value is -3.31. The van der Waals surface area contributed by atoms with Crippen LogP contribution in [0.5, 0.6) is 0 Å². The molecule has 4 rings (SSSR count). The van der Waals surface area contributed by atoms with Crippen LogP contribution in [0.25, 0.3) is 5.57 Å². The second kappa shape index (κ2) is 8.59. The summed E-state index contributed by atoms with van der Waals surface area (Å²) in [5.41, 5.74) is 2.52. The lowest BCUT2D eigenvalue weighted by molar-refractivity contribution is -0.138. The molecule has 0 radical (unpaired) electrons. The minimum absolute atomic E-state index is 0.0914. The van der Waals surface area contributed by atoms with Gasteiger partial charge in [0.25, 0.3) is 11.8 Å². The lowest BCUT2D eigenvalue weighted by atomic mass is 10.0. The van der Waals surface area contributed by atoms with Gasteiger partial charge in [-0.3, -0.25) is 14.5 Å². The summed E-state index contributed by atoms with van der Waals surface area (Å²) in [7, 11) is 0. The molecule has 0 N–H and O–H groups in total. The normalized spacial score (nSPS) is 14.0. The smallest absolute Gasteiger partial charge is 0.278 e. The Kier molecular flexibility index (Phi) is 5.72. The third kappa shape index (κ3) is 3.89. The van der Waals surface area contributed by atoms with E-state index in [9.17, 15) is 9.59 Å². The van der Waals surface area contributed by atoms with Crippen molar-refractivity contribution in [3.63, 3.8) is 0 Å². The van der Waals surface area contributed by atoms with Crippen LogP contribution in [0.15, 0.2) is 83.1 Å². The highest BCUT2D eigenvalue weighted by atomic mass is 35.5. The Morgan fingerprint density at radius 1 is 0.933 bits per heavy atom. The number of rotatable bonds is 7. The molecule has 1 aliphatic rings. The maximum Gasteiger partial charge on any atom is 0.278 e. The van der Waals surface area contributed by atoms with Gasteiger partial charge in [-0.05, 0) is 42.3 Å². The summed E-state index contributed by atoms with van der Waals surface area (Å²) >= 11 is 6.04. The minimum atomic E-state index is -0.333. The van der Waals surface area contributed by atoms with Gasteiger partial charge in [0.1, 0.15) is 11.5 Å². The molecular weight excluding hydrogens is 400 g/mol. The average molecular weight is 421 g/mol. The van der Waals surface area contributed by atoms with Crippen molar-refractivity contribution in [2.24, 2.45) is 0 Å². The molecule has 1 aliphatic heterocycles. The van der Waals surface area contributed by atoms with Gasteiger partial charge in [0.2, 0.25) is 0 Å². The van der Waals surface area contributed by atoms with E-state index in [1.807, 2.05) is 42.2 Å². The molecule has 0 fully saturated rings. The first-order chi connectivity index (χ1) is 14.6. The Labute approximate surface area is 180 Å². The Bertz CT molecular complexity index is 1070. The summed E-state index contributed by atoms with van der Waals surface area (Å²) in [4.78, 5) is 30.0. The van der Waals surface area contributed by atoms with Gasteiger partial charge in [0, 0.05) is 18.1 Å². The Morgan fingerprint density at radius 2 is 1.67 bits per heavy atom. The van der Waals surface area contributed by atoms with Gasteiger partial charge in [-0.2, -0.15) is 0 Å². The quantitative estimate of drug-likeness (QED) is 0.518. The number of carbonyl (C=O) groups is 2. The number of amides is 2. The first kappa shape index (κ1) is 20.0. The molecular formula is C24H21ClN2O3. The second-order valence-electron chi connectivity index (χ2n) is 7.01. The van der Waals surface area contributed by atoms with Crippen LogP contribution in [0.4, 0.5) is 0 Å². The van der Waals surface area contributed by atoms with E-state index in [1.54, 1.807) is 36.4 Å². The monoisotopic (exact) mass is 420 g/mol. The van der Waals surface area contributed by atoms with Gasteiger partial charge in [-0.1, -0.05) is 54.1 Å². The lowest BCUT2D eigenvalue weighted by Gasteiger charge is -2.24. The molecule has 2 amide bonds. The Balaban J connectivity index is 1.76. The fourth-order valence-corrected chi connectivity index (χ4v) is 3.71. The molecule has 0 saturated carbocycles. The van der Waals surface area contributed by atoms with E-state index in [2.05, 4.69) is 0 Å². The summed E-state index contributed by atoms with van der Waals surface area (Å²) in [6, 6.07) is 20.4. The van der Waals surface area contributed by atoms with Crippen molar-refractivity contribution >= 4 is 29.0 Å². The van der Waals surface area contributed by atoms with Crippen molar-refractivity contribution in [3.05, 3.63) is 101 Å². The fourth-order valence-electron chi connectivity index (χ4n) is 3.59. The molecule has 1 aromatic heterocycles. The van der Waals surface area contributed by atoms with Gasteiger partial charge in [0.05, 0.1) is 18.4 Å². The molecule has 2 heterocycles. The van der Waals surface area contributed by atoms with E-state index in [-0.39, 0.29) is 18.4 Å². The van der Waals surface area contributed by atoms with Crippen molar-refractivity contribution in [2.45, 2.75) is 20.0 Å². The average Bonchev–Trinajstić information content (AvgIpc) is 3.36. The van der Waals surface area contributed by atoms with Crippen LogP contribution in [0.3, 0.4) is 0 Å². The molecule has 0 saturated heterocycles. The van der Waals surface area contributed by atoms with Gasteiger partial charge < -0.3 is 9.32 Å². The molecule has 0 aliphatic carbocycles. The molecule has 2 aromatic carbocycles. The van der Waals surface area contributed by atoms with Crippen molar-refractivity contribution < 1.29 is 14.0 Å². The molecule has 6 heteroatoms. The maximum atomic E-state index is 13.4. The zero-order valence-corrected chi connectivity index (χ0v) is 17.3. The molecule has 0 unspecified atom stereocenters. The highest BCUT2D eigenvalue weighted by Gasteiger charge is 2.41. The summed E-state index contributed by atoms with van der Waals surface area (Å²) in [5.74, 6) is -0.0983. The molecule has 0 bridgehead atoms. The van der Waals surface area contributed by atoms with Crippen LogP contribution < -0.4 is 0 Å². The van der Waals surface area contributed by atoms with E-state index in [4.69, 9.17) is 16.0 Å². The minimum Gasteiger partial charge on any atom is -0.467 e. The SMILES string of the molecule is CCN(Cc1ccccc1)C1=C(c2ccc(Cl)cc2)C(=O)N(Cc2ccco2)C1=O. The Morgan fingerprint density at radius 3 is 2.30 bits per heavy atom. The van der Waals surface area contributed by atoms with Crippen molar-refractivity contribution in [3.8, 4) is 0 Å². The highest BCUT2D eigenvalue weighted by molar-refractivity contribution is 6.35. The molecule has 152 valence electrons. The van der Waals surface area contributed by atoms with E-state index < -0.39 is 0 Å². The first-order valence-electron chi connectivity index (χ1n) is 9.76. The fraction of sp³-hybridized carbons (Fsp3) is 0.167. The zero-order chi connectivity index (χ0) is 21.1. The predicted octanol–water partition coefficient (Wildman–Crippen LogP) is 4.74. The van der Waals surface area contributed by atoms with Crippen LogP contribution in [0, 0.1) is 0 Å². The van der Waals surface area contributed by atoms with E-state index in [0.29, 0.717) is 40.7 Å². The number of hydrogen-bond acceptors (Lipinski definition) is 4. The highest BCUT2D eigenvalue weighted by Crippen LogP contribution is 2.33. The number of hydrogen-bond donors (Lipinski definition) is 0. The predicted molar refractivity (Wildman–Crippen MR) is 115 cm³/mol. The first-order valence-corrected chi connectivity index (χ1v) is 10.1. The molecule has 30 heavy (non-hydrogen) atoms. The molecule has 5 nitrogen and oxygen atoms in total. The topological polar surface area (TPSA) is 53.8 Å². The lowest BCUT2D eigenvalue weighted by Crippen LogP contribution is -2.34. The van der Waals surface area contributed by atoms with Gasteiger partial charge in [-0.15, -0.1) is 0 Å².